The van der Waals surface area contributed by atoms with Gasteiger partial charge in [-0.2, -0.15) is 0 Å². The molecule has 2 N–H and O–H groups in total. The molecule has 4 aromatic carbocycles. The van der Waals surface area contributed by atoms with Crippen LogP contribution in [0.3, 0.4) is 0 Å². The summed E-state index contributed by atoms with van der Waals surface area (Å²) < 4.78 is 0. The fourth-order valence-corrected chi connectivity index (χ4v) is 13.0. The molecule has 0 saturated heterocycles. The quantitative estimate of drug-likeness (QED) is 0.0719. The molecule has 84 heavy (non-hydrogen) atoms. The van der Waals surface area contributed by atoms with Crippen LogP contribution in [0.2, 0.25) is 0 Å². The van der Waals surface area contributed by atoms with E-state index in [0.717, 1.165) is 135 Å². The average Bonchev–Trinajstić information content (AvgIpc) is 2.91. The van der Waals surface area contributed by atoms with Gasteiger partial charge in [-0.25, -0.2) is 0 Å². The zero-order chi connectivity index (χ0) is 59.1. The predicted octanol–water partition coefficient (Wildman–Crippen LogP) is 20.6. The third-order valence-electron chi connectivity index (χ3n) is 17.8. The van der Waals surface area contributed by atoms with Crippen LogP contribution in [0.5, 0.6) is 0 Å². The minimum Gasteiger partial charge on any atom is -0.512 e. The van der Waals surface area contributed by atoms with Crippen molar-refractivity contribution in [3.63, 3.8) is 0 Å². The van der Waals surface area contributed by atoms with Gasteiger partial charge in [0, 0.05) is 86.8 Å². The Kier molecular flexibility index (Phi) is 27.5. The molecular weight excluding hydrogens is 1390 g/mol. The molecule has 4 fully saturated rings. The van der Waals surface area contributed by atoms with Crippen LogP contribution in [0.15, 0.2) is 109 Å². The number of hydrogen-bond acceptors (Lipinski definition) is 6. The van der Waals surface area contributed by atoms with Gasteiger partial charge in [-0.15, -0.1) is 69.8 Å². The van der Waals surface area contributed by atoms with Gasteiger partial charge in [0.2, 0.25) is 0 Å². The smallest absolute Gasteiger partial charge is 0.162 e. The number of carbonyl (C=O) groups is 2. The Morgan fingerprint density at radius 1 is 0.500 bits per heavy atom. The molecule has 0 unspecified atom stereocenters. The molecule has 4 aliphatic rings. The molecule has 458 valence electrons. The Morgan fingerprint density at radius 3 is 1.20 bits per heavy atom. The summed E-state index contributed by atoms with van der Waals surface area (Å²) >= 11 is 0. The van der Waals surface area contributed by atoms with Crippen LogP contribution in [0, 0.1) is 86.2 Å². The number of aryl methyl sites for hydroxylation is 4. The van der Waals surface area contributed by atoms with Crippen molar-refractivity contribution in [2.24, 2.45) is 46.3 Å². The molecule has 0 amide bonds. The van der Waals surface area contributed by atoms with Crippen molar-refractivity contribution in [2.75, 3.05) is 0 Å². The van der Waals surface area contributed by atoms with E-state index in [0.29, 0.717) is 34.2 Å². The van der Waals surface area contributed by atoms with Crippen molar-refractivity contribution in [3.05, 3.63) is 154 Å². The van der Waals surface area contributed by atoms with Gasteiger partial charge in [0.1, 0.15) is 0 Å². The van der Waals surface area contributed by atoms with E-state index in [2.05, 4.69) is 180 Å². The number of aliphatic hydroxyl groups is 2. The number of pyridine rings is 2. The molecule has 6 nitrogen and oxygen atoms in total. The van der Waals surface area contributed by atoms with Gasteiger partial charge in [-0.1, -0.05) is 170 Å². The first-order chi connectivity index (χ1) is 39.0. The van der Waals surface area contributed by atoms with E-state index >= 15 is 0 Å². The second kappa shape index (κ2) is 33.0. The number of rotatable bonds is 12. The van der Waals surface area contributed by atoms with Crippen molar-refractivity contribution in [1.82, 2.24) is 9.97 Å². The molecule has 0 aliphatic heterocycles. The third kappa shape index (κ3) is 21.4. The fourth-order valence-electron chi connectivity index (χ4n) is 13.0. The largest absolute Gasteiger partial charge is 0.512 e. The van der Waals surface area contributed by atoms with E-state index in [-0.39, 0.29) is 75.4 Å². The molecule has 2 heterocycles. The minimum absolute atomic E-state index is 0. The molecular formula is C76H100Ir2N2O4-2. The SMILES string of the molecule is CC1(C)CCC(C(=O)C=C(O)C2CCC(C)(C)CC2)CC1.Cc1[c-]c(-c2cc(CC(C)C)c3ccccc3n2)cc(C)c1.Cc1[c-]c(-c2cc(CC(C)C)c3ccccc3n2)cc(C)c1.O=C(C=C(O)C1CCCCC1)C1CCCCC1.[Ir].[Ir]. The van der Waals surface area contributed by atoms with Gasteiger partial charge in [-0.05, 0) is 147 Å². The Morgan fingerprint density at radius 2 is 0.833 bits per heavy atom. The van der Waals surface area contributed by atoms with Crippen molar-refractivity contribution < 1.29 is 60.0 Å². The summed E-state index contributed by atoms with van der Waals surface area (Å²) in [6.07, 6.45) is 25.2. The van der Waals surface area contributed by atoms with Gasteiger partial charge >= 0.3 is 0 Å². The van der Waals surface area contributed by atoms with Crippen molar-refractivity contribution in [1.29, 1.82) is 0 Å². The molecule has 10 rings (SSSR count). The fraction of sp³-hybridized carbons (Fsp3) is 0.526. The maximum absolute atomic E-state index is 12.4. The van der Waals surface area contributed by atoms with Crippen LogP contribution >= 0.6 is 0 Å². The van der Waals surface area contributed by atoms with Gasteiger partial charge < -0.3 is 10.2 Å². The summed E-state index contributed by atoms with van der Waals surface area (Å²) in [5, 5.41) is 22.8. The predicted molar refractivity (Wildman–Crippen MR) is 344 cm³/mol. The molecule has 4 aliphatic carbocycles. The van der Waals surface area contributed by atoms with E-state index < -0.39 is 0 Å². The zero-order valence-electron chi connectivity index (χ0n) is 53.1. The Labute approximate surface area is 534 Å². The summed E-state index contributed by atoms with van der Waals surface area (Å²) in [6, 6.07) is 36.9. The van der Waals surface area contributed by atoms with Crippen LogP contribution in [0.1, 0.15) is 204 Å². The summed E-state index contributed by atoms with van der Waals surface area (Å²) in [5.74, 6) is 3.10. The topological polar surface area (TPSA) is 100 Å². The van der Waals surface area contributed by atoms with Crippen LogP contribution in [-0.2, 0) is 62.6 Å². The van der Waals surface area contributed by atoms with Gasteiger partial charge in [-0.3, -0.25) is 19.6 Å². The minimum atomic E-state index is 0. The van der Waals surface area contributed by atoms with Crippen LogP contribution in [0.4, 0.5) is 0 Å². The summed E-state index contributed by atoms with van der Waals surface area (Å²) in [5.41, 5.74) is 14.8. The van der Waals surface area contributed by atoms with E-state index in [4.69, 9.17) is 9.97 Å². The number of aromatic nitrogens is 2. The average molecular weight is 1490 g/mol. The number of ketones is 2. The zero-order valence-corrected chi connectivity index (χ0v) is 57.9. The summed E-state index contributed by atoms with van der Waals surface area (Å²) in [7, 11) is 0. The van der Waals surface area contributed by atoms with Crippen molar-refractivity contribution >= 4 is 33.4 Å². The van der Waals surface area contributed by atoms with Gasteiger partial charge in [0.25, 0.3) is 0 Å². The van der Waals surface area contributed by atoms with Crippen LogP contribution in [0.25, 0.3) is 44.3 Å². The van der Waals surface area contributed by atoms with Crippen molar-refractivity contribution in [3.8, 4) is 22.5 Å². The van der Waals surface area contributed by atoms with E-state index in [9.17, 15) is 19.8 Å². The Balaban J connectivity index is 0.000000204. The number of allylic oxidation sites excluding steroid dienone is 4. The monoisotopic (exact) mass is 1490 g/mol. The number of carbonyl (C=O) groups excluding carboxylic acids is 2. The number of benzene rings is 4. The molecule has 2 radical (unpaired) electrons. The molecule has 0 atom stereocenters. The number of nitrogens with zero attached hydrogens (tertiary/aromatic N) is 2. The van der Waals surface area contributed by atoms with Gasteiger partial charge in [0.15, 0.2) is 11.6 Å². The van der Waals surface area contributed by atoms with E-state index in [1.165, 1.54) is 71.6 Å². The molecule has 4 saturated carbocycles. The molecule has 8 heteroatoms. The first-order valence-corrected chi connectivity index (χ1v) is 31.7. The Bertz CT molecular complexity index is 2950. The molecule has 6 aromatic rings. The first-order valence-electron chi connectivity index (χ1n) is 31.7. The normalized spacial score (nSPS) is 17.8. The summed E-state index contributed by atoms with van der Waals surface area (Å²) in [4.78, 5) is 34.1. The number of hydrogen-bond donors (Lipinski definition) is 2. The second-order valence-corrected chi connectivity index (χ2v) is 27.6. The Hall–Kier alpha value is -4.58. The second-order valence-electron chi connectivity index (χ2n) is 27.6. The van der Waals surface area contributed by atoms with E-state index in [1.54, 1.807) is 12.2 Å². The number of aliphatic hydroxyl groups excluding tert-OH is 2. The number of fused-ring (bicyclic) bond motifs is 2. The number of para-hydroxylation sites is 2. The maximum Gasteiger partial charge on any atom is 0.162 e. The van der Waals surface area contributed by atoms with Crippen molar-refractivity contribution in [2.45, 2.75) is 212 Å². The summed E-state index contributed by atoms with van der Waals surface area (Å²) in [6.45, 7) is 26.6. The molecule has 0 spiro atoms. The first kappa shape index (κ1) is 70.2. The van der Waals surface area contributed by atoms with Gasteiger partial charge in [0.05, 0.1) is 22.6 Å². The van der Waals surface area contributed by atoms with E-state index in [1.807, 2.05) is 0 Å². The van der Waals surface area contributed by atoms with Crippen LogP contribution in [-0.4, -0.2) is 31.7 Å². The maximum atomic E-state index is 12.4. The molecule has 2 aromatic heterocycles. The third-order valence-corrected chi connectivity index (χ3v) is 17.8. The van der Waals surface area contributed by atoms with Crippen LogP contribution < -0.4 is 0 Å². The molecule has 0 bridgehead atoms. The standard InChI is InChI=1S/2C21H22N.C19H32O2.C15H24O2.2Ir/c2*1-14(2)9-17-13-21(18-11-15(3)10-16(4)12-18)22-20-8-6-5-7-19(17)20;1-18(2)9-5-14(6-10-18)16(20)13-17(21)15-7-11-19(3,4)12-8-15;16-14(12-7-3-1-4-8-12)11-15(17)13-9-5-2-6-10-13;;/h2*5-8,10-11,13-14H,9H2,1-4H3;13-15,20H,5-12H2,1-4H3;11-13,16H,1-10H2;;/q2*-1;;;;.